The summed E-state index contributed by atoms with van der Waals surface area (Å²) in [4.78, 5) is 12.7. The van der Waals surface area contributed by atoms with Gasteiger partial charge in [-0.25, -0.2) is 4.79 Å². The van der Waals surface area contributed by atoms with E-state index in [1.165, 1.54) is 0 Å². The van der Waals surface area contributed by atoms with Gasteiger partial charge < -0.3 is 10.0 Å². The van der Waals surface area contributed by atoms with Crippen LogP contribution >= 0.6 is 0 Å². The molecule has 1 N–H and O–H groups in total. The highest BCUT2D eigenvalue weighted by atomic mass is 16.4. The molecule has 0 heterocycles. The van der Waals surface area contributed by atoms with E-state index in [0.717, 1.165) is 17.8 Å². The summed E-state index contributed by atoms with van der Waals surface area (Å²) in [5, 5.41) is 8.73. The molecule has 80 valence electrons. The Morgan fingerprint density at radius 2 is 1.93 bits per heavy atom. The summed E-state index contributed by atoms with van der Waals surface area (Å²) < 4.78 is 0. The fourth-order valence-electron chi connectivity index (χ4n) is 1.35. The van der Waals surface area contributed by atoms with Gasteiger partial charge in [0.2, 0.25) is 0 Å². The van der Waals surface area contributed by atoms with Crippen molar-refractivity contribution in [3.8, 4) is 0 Å². The molecular weight excluding hydrogens is 190 g/mol. The highest BCUT2D eigenvalue weighted by molar-refractivity contribution is 5.88. The first-order valence-corrected chi connectivity index (χ1v) is 4.69. The van der Waals surface area contributed by atoms with Gasteiger partial charge in [-0.15, -0.1) is 0 Å². The number of aromatic carboxylic acids is 1. The number of nitrogens with zero attached hydrogens (tertiary/aromatic N) is 1. The van der Waals surface area contributed by atoms with Gasteiger partial charge in [-0.05, 0) is 31.2 Å². The first-order chi connectivity index (χ1) is 7.00. The summed E-state index contributed by atoms with van der Waals surface area (Å²) in [5.41, 5.74) is 2.37. The van der Waals surface area contributed by atoms with Gasteiger partial charge in [-0.1, -0.05) is 12.2 Å². The van der Waals surface area contributed by atoms with Crippen molar-refractivity contribution in [2.24, 2.45) is 0 Å². The number of anilines is 1. The number of likely N-dealkylation sites (N-methyl/N-ethyl adjacent to an activating group) is 1. The molecule has 0 amide bonds. The normalized spacial score (nSPS) is 9.73. The molecule has 0 fully saturated rings. The number of hydrogen-bond acceptors (Lipinski definition) is 2. The molecule has 15 heavy (non-hydrogen) atoms. The molecule has 0 aliphatic heterocycles. The second-order valence-electron chi connectivity index (χ2n) is 3.67. The predicted molar refractivity (Wildman–Crippen MR) is 61.5 cm³/mol. The van der Waals surface area contributed by atoms with E-state index in [0.29, 0.717) is 5.56 Å². The Bertz CT molecular complexity index is 368. The second kappa shape index (κ2) is 4.64. The van der Waals surface area contributed by atoms with Crippen molar-refractivity contribution in [2.45, 2.75) is 6.92 Å². The Morgan fingerprint density at radius 3 is 2.33 bits per heavy atom. The zero-order valence-electron chi connectivity index (χ0n) is 9.03. The molecule has 1 aromatic rings. The van der Waals surface area contributed by atoms with Crippen molar-refractivity contribution in [3.63, 3.8) is 0 Å². The molecule has 0 aliphatic carbocycles. The molecule has 0 spiro atoms. The van der Waals surface area contributed by atoms with Gasteiger partial charge in [-0.2, -0.15) is 0 Å². The molecule has 0 saturated carbocycles. The van der Waals surface area contributed by atoms with Crippen LogP contribution < -0.4 is 4.90 Å². The molecule has 0 bridgehead atoms. The fraction of sp³-hybridized carbons (Fsp3) is 0.250. The number of rotatable bonds is 4. The second-order valence-corrected chi connectivity index (χ2v) is 3.67. The van der Waals surface area contributed by atoms with Gasteiger partial charge in [-0.3, -0.25) is 0 Å². The van der Waals surface area contributed by atoms with Gasteiger partial charge in [0.25, 0.3) is 0 Å². The average Bonchev–Trinajstić information content (AvgIpc) is 2.17. The molecule has 1 rings (SSSR count). The summed E-state index contributed by atoms with van der Waals surface area (Å²) in [6.07, 6.45) is 0. The zero-order valence-corrected chi connectivity index (χ0v) is 9.03. The smallest absolute Gasteiger partial charge is 0.335 e. The van der Waals surface area contributed by atoms with Crippen LogP contribution in [0.25, 0.3) is 0 Å². The van der Waals surface area contributed by atoms with Crippen LogP contribution in [0.2, 0.25) is 0 Å². The van der Waals surface area contributed by atoms with Crippen LogP contribution in [-0.2, 0) is 0 Å². The van der Waals surface area contributed by atoms with Crippen LogP contribution in [0.15, 0.2) is 36.4 Å². The Kier molecular flexibility index (Phi) is 3.50. The largest absolute Gasteiger partial charge is 0.478 e. The Balaban J connectivity index is 2.79. The Labute approximate surface area is 89.6 Å². The van der Waals surface area contributed by atoms with Gasteiger partial charge in [0.1, 0.15) is 0 Å². The van der Waals surface area contributed by atoms with Crippen LogP contribution in [0, 0.1) is 0 Å². The average molecular weight is 205 g/mol. The van der Waals surface area contributed by atoms with Gasteiger partial charge in [0, 0.05) is 19.3 Å². The van der Waals surface area contributed by atoms with E-state index in [2.05, 4.69) is 6.58 Å². The molecule has 3 heteroatoms. The Morgan fingerprint density at radius 1 is 1.40 bits per heavy atom. The molecule has 3 nitrogen and oxygen atoms in total. The quantitative estimate of drug-likeness (QED) is 0.767. The summed E-state index contributed by atoms with van der Waals surface area (Å²) in [6.45, 7) is 6.56. The van der Waals surface area contributed by atoms with Crippen molar-refractivity contribution < 1.29 is 9.90 Å². The van der Waals surface area contributed by atoms with Gasteiger partial charge in [0.15, 0.2) is 0 Å². The minimum Gasteiger partial charge on any atom is -0.478 e. The maximum atomic E-state index is 10.6. The van der Waals surface area contributed by atoms with E-state index >= 15 is 0 Å². The minimum absolute atomic E-state index is 0.308. The lowest BCUT2D eigenvalue weighted by atomic mass is 10.2. The highest BCUT2D eigenvalue weighted by Crippen LogP contribution is 2.14. The third-order valence-corrected chi connectivity index (χ3v) is 2.06. The first kappa shape index (κ1) is 11.3. The van der Waals surface area contributed by atoms with Crippen molar-refractivity contribution in [2.75, 3.05) is 18.5 Å². The summed E-state index contributed by atoms with van der Waals surface area (Å²) >= 11 is 0. The lowest BCUT2D eigenvalue weighted by Gasteiger charge is -2.19. The van der Waals surface area contributed by atoms with Crippen LogP contribution in [0.4, 0.5) is 5.69 Å². The number of carboxylic acids is 1. The minimum atomic E-state index is -0.899. The Hall–Kier alpha value is -1.77. The van der Waals surface area contributed by atoms with Crippen molar-refractivity contribution in [1.82, 2.24) is 0 Å². The summed E-state index contributed by atoms with van der Waals surface area (Å²) in [5.74, 6) is -0.899. The van der Waals surface area contributed by atoms with E-state index in [9.17, 15) is 4.79 Å². The number of hydrogen-bond donors (Lipinski definition) is 1. The van der Waals surface area contributed by atoms with Crippen LogP contribution in [0.1, 0.15) is 17.3 Å². The van der Waals surface area contributed by atoms with Crippen LogP contribution in [-0.4, -0.2) is 24.7 Å². The summed E-state index contributed by atoms with van der Waals surface area (Å²) in [6, 6.07) is 6.80. The van der Waals surface area contributed by atoms with Crippen molar-refractivity contribution >= 4 is 11.7 Å². The third kappa shape index (κ3) is 3.13. The predicted octanol–water partition coefficient (Wildman–Crippen LogP) is 2.40. The molecule has 0 radical (unpaired) electrons. The zero-order chi connectivity index (χ0) is 11.4. The maximum Gasteiger partial charge on any atom is 0.335 e. The molecule has 1 aromatic carbocycles. The standard InChI is InChI=1S/C12H15NO2/c1-9(2)8-13(3)11-6-4-10(5-7-11)12(14)15/h4-7H,1,8H2,2-3H3,(H,14,15). The lowest BCUT2D eigenvalue weighted by Crippen LogP contribution is -2.18. The molecule has 0 saturated heterocycles. The van der Waals surface area contributed by atoms with Gasteiger partial charge >= 0.3 is 5.97 Å². The van der Waals surface area contributed by atoms with Crippen LogP contribution in [0.3, 0.4) is 0 Å². The number of carbonyl (C=O) groups is 1. The maximum absolute atomic E-state index is 10.6. The lowest BCUT2D eigenvalue weighted by molar-refractivity contribution is 0.0697. The molecule has 0 atom stereocenters. The SMILES string of the molecule is C=C(C)CN(C)c1ccc(C(=O)O)cc1. The van der Waals surface area contributed by atoms with E-state index in [-0.39, 0.29) is 0 Å². The van der Waals surface area contributed by atoms with Crippen LogP contribution in [0.5, 0.6) is 0 Å². The van der Waals surface area contributed by atoms with Crippen molar-refractivity contribution in [3.05, 3.63) is 42.0 Å². The van der Waals surface area contributed by atoms with E-state index in [1.54, 1.807) is 24.3 Å². The first-order valence-electron chi connectivity index (χ1n) is 4.69. The van der Waals surface area contributed by atoms with Crippen molar-refractivity contribution in [1.29, 1.82) is 0 Å². The van der Waals surface area contributed by atoms with E-state index in [4.69, 9.17) is 5.11 Å². The number of benzene rings is 1. The van der Waals surface area contributed by atoms with E-state index in [1.807, 2.05) is 18.9 Å². The number of carboxylic acid groups (broad SMARTS) is 1. The molecule has 0 unspecified atom stereocenters. The van der Waals surface area contributed by atoms with E-state index < -0.39 is 5.97 Å². The van der Waals surface area contributed by atoms with Gasteiger partial charge in [0.05, 0.1) is 5.56 Å². The topological polar surface area (TPSA) is 40.5 Å². The molecular formula is C12H15NO2. The monoisotopic (exact) mass is 205 g/mol. The highest BCUT2D eigenvalue weighted by Gasteiger charge is 2.04. The molecule has 0 aromatic heterocycles. The summed E-state index contributed by atoms with van der Waals surface area (Å²) in [7, 11) is 1.95. The third-order valence-electron chi connectivity index (χ3n) is 2.06. The molecule has 0 aliphatic rings. The fourth-order valence-corrected chi connectivity index (χ4v) is 1.35.